The van der Waals surface area contributed by atoms with Crippen molar-refractivity contribution in [1.29, 1.82) is 0 Å². The van der Waals surface area contributed by atoms with Gasteiger partial charge in [0.2, 0.25) is 0 Å². The summed E-state index contributed by atoms with van der Waals surface area (Å²) in [7, 11) is 0. The summed E-state index contributed by atoms with van der Waals surface area (Å²) in [5.74, 6) is -0.442. The van der Waals surface area contributed by atoms with E-state index in [1.165, 1.54) is 29.0 Å². The molecule has 0 saturated carbocycles. The number of aryl methyl sites for hydroxylation is 1. The molecular formula is C16H11Cl2N3OS. The van der Waals surface area contributed by atoms with Gasteiger partial charge in [0.05, 0.1) is 10.7 Å². The average molecular weight is 364 g/mol. The predicted molar refractivity (Wildman–Crippen MR) is 94.5 cm³/mol. The number of amides is 1. The second-order valence-corrected chi connectivity index (χ2v) is 6.48. The van der Waals surface area contributed by atoms with E-state index >= 15 is 0 Å². The highest BCUT2D eigenvalue weighted by molar-refractivity contribution is 7.14. The van der Waals surface area contributed by atoms with Crippen LogP contribution in [0.1, 0.15) is 16.1 Å². The molecule has 7 heteroatoms. The van der Waals surface area contributed by atoms with Crippen molar-refractivity contribution >= 4 is 45.6 Å². The molecule has 0 aliphatic carbocycles. The molecule has 1 aromatic carbocycles. The summed E-state index contributed by atoms with van der Waals surface area (Å²) in [5, 5.41) is 5.49. The second-order valence-electron chi connectivity index (χ2n) is 4.82. The van der Waals surface area contributed by atoms with Gasteiger partial charge in [-0.05, 0) is 19.1 Å². The molecular weight excluding hydrogens is 353 g/mol. The molecule has 0 aliphatic heterocycles. The number of thiazole rings is 1. The zero-order valence-electron chi connectivity index (χ0n) is 12.0. The van der Waals surface area contributed by atoms with E-state index in [0.717, 1.165) is 11.3 Å². The van der Waals surface area contributed by atoms with Crippen molar-refractivity contribution in [2.45, 2.75) is 6.92 Å². The van der Waals surface area contributed by atoms with Crippen LogP contribution in [0.4, 0.5) is 5.13 Å². The standard InChI is InChI=1S/C16H11Cl2N3OS/c1-9-2-4-10(5-3-9)12-8-23-16(19-12)21-15(22)14-11(17)6-7-13(18)20-14/h2-8H,1H3,(H,19,21,22). The molecule has 23 heavy (non-hydrogen) atoms. The lowest BCUT2D eigenvalue weighted by molar-refractivity contribution is 0.102. The summed E-state index contributed by atoms with van der Waals surface area (Å²) in [6.45, 7) is 2.03. The Hall–Kier alpha value is -1.95. The number of pyridine rings is 1. The number of nitrogens with one attached hydrogen (secondary N) is 1. The summed E-state index contributed by atoms with van der Waals surface area (Å²) >= 11 is 13.1. The molecule has 0 unspecified atom stereocenters. The Bertz CT molecular complexity index is 862. The molecule has 4 nitrogen and oxygen atoms in total. The average Bonchev–Trinajstić information content (AvgIpc) is 2.99. The SMILES string of the molecule is Cc1ccc(-c2csc(NC(=O)c3nc(Cl)ccc3Cl)n2)cc1. The lowest BCUT2D eigenvalue weighted by Gasteiger charge is -2.03. The van der Waals surface area contributed by atoms with Crippen molar-refractivity contribution in [2.24, 2.45) is 0 Å². The lowest BCUT2D eigenvalue weighted by Crippen LogP contribution is -2.14. The first-order valence-electron chi connectivity index (χ1n) is 6.69. The van der Waals surface area contributed by atoms with Crippen molar-refractivity contribution < 1.29 is 4.79 Å². The van der Waals surface area contributed by atoms with E-state index in [2.05, 4.69) is 15.3 Å². The van der Waals surface area contributed by atoms with Gasteiger partial charge in [0.1, 0.15) is 10.8 Å². The van der Waals surface area contributed by atoms with Gasteiger partial charge >= 0.3 is 0 Å². The molecule has 1 amide bonds. The molecule has 1 N–H and O–H groups in total. The summed E-state index contributed by atoms with van der Waals surface area (Å²) in [5.41, 5.74) is 3.05. The summed E-state index contributed by atoms with van der Waals surface area (Å²) in [6, 6.07) is 11.1. The number of hydrogen-bond donors (Lipinski definition) is 1. The molecule has 0 radical (unpaired) electrons. The van der Waals surface area contributed by atoms with Gasteiger partial charge in [-0.1, -0.05) is 53.0 Å². The van der Waals surface area contributed by atoms with Gasteiger partial charge in [-0.25, -0.2) is 9.97 Å². The van der Waals surface area contributed by atoms with Crippen LogP contribution in [0, 0.1) is 6.92 Å². The molecule has 2 heterocycles. The minimum Gasteiger partial charge on any atom is -0.296 e. The minimum absolute atomic E-state index is 0.0752. The monoisotopic (exact) mass is 363 g/mol. The van der Waals surface area contributed by atoms with Crippen LogP contribution in [0.25, 0.3) is 11.3 Å². The molecule has 116 valence electrons. The van der Waals surface area contributed by atoms with Crippen LogP contribution < -0.4 is 5.32 Å². The lowest BCUT2D eigenvalue weighted by atomic mass is 10.1. The van der Waals surface area contributed by atoms with Gasteiger partial charge in [0.25, 0.3) is 5.91 Å². The summed E-state index contributed by atoms with van der Waals surface area (Å²) in [6.07, 6.45) is 0. The Kier molecular flexibility index (Phi) is 4.61. The van der Waals surface area contributed by atoms with Crippen molar-refractivity contribution in [3.63, 3.8) is 0 Å². The Morgan fingerprint density at radius 3 is 2.57 bits per heavy atom. The van der Waals surface area contributed by atoms with Gasteiger partial charge in [-0.2, -0.15) is 0 Å². The highest BCUT2D eigenvalue weighted by Gasteiger charge is 2.15. The second kappa shape index (κ2) is 6.66. The van der Waals surface area contributed by atoms with E-state index in [0.29, 0.717) is 5.13 Å². The van der Waals surface area contributed by atoms with E-state index < -0.39 is 5.91 Å². The molecule has 0 spiro atoms. The van der Waals surface area contributed by atoms with Gasteiger partial charge in [0.15, 0.2) is 5.13 Å². The van der Waals surface area contributed by atoms with Crippen molar-refractivity contribution in [1.82, 2.24) is 9.97 Å². The molecule has 3 rings (SSSR count). The summed E-state index contributed by atoms with van der Waals surface area (Å²) in [4.78, 5) is 20.6. The van der Waals surface area contributed by atoms with Crippen LogP contribution in [-0.4, -0.2) is 15.9 Å². The molecule has 0 fully saturated rings. The summed E-state index contributed by atoms with van der Waals surface area (Å²) < 4.78 is 0. The maximum Gasteiger partial charge on any atom is 0.277 e. The number of halogens is 2. The fourth-order valence-electron chi connectivity index (χ4n) is 1.92. The molecule has 2 aromatic heterocycles. The van der Waals surface area contributed by atoms with Crippen molar-refractivity contribution in [3.05, 3.63) is 63.2 Å². The number of hydrogen-bond acceptors (Lipinski definition) is 4. The Labute approximate surface area is 147 Å². The number of nitrogens with zero attached hydrogens (tertiary/aromatic N) is 2. The first-order valence-corrected chi connectivity index (χ1v) is 8.32. The smallest absolute Gasteiger partial charge is 0.277 e. The predicted octanol–water partition coefficient (Wildman–Crippen LogP) is 5.07. The molecule has 3 aromatic rings. The molecule has 0 atom stereocenters. The number of carbonyl (C=O) groups excluding carboxylic acids is 1. The van der Waals surface area contributed by atoms with Gasteiger partial charge in [-0.15, -0.1) is 11.3 Å². The van der Waals surface area contributed by atoms with Crippen LogP contribution in [0.5, 0.6) is 0 Å². The van der Waals surface area contributed by atoms with E-state index in [1.54, 1.807) is 0 Å². The van der Waals surface area contributed by atoms with Crippen LogP contribution in [0.2, 0.25) is 10.2 Å². The highest BCUT2D eigenvalue weighted by atomic mass is 35.5. The van der Waals surface area contributed by atoms with Crippen molar-refractivity contribution in [2.75, 3.05) is 5.32 Å². The number of benzene rings is 1. The van der Waals surface area contributed by atoms with Crippen molar-refractivity contribution in [3.8, 4) is 11.3 Å². The van der Waals surface area contributed by atoms with Gasteiger partial charge in [-0.3, -0.25) is 10.1 Å². The molecule has 0 aliphatic rings. The Morgan fingerprint density at radius 1 is 1.09 bits per heavy atom. The minimum atomic E-state index is -0.442. The van der Waals surface area contributed by atoms with Gasteiger partial charge < -0.3 is 0 Å². The van der Waals surface area contributed by atoms with Crippen LogP contribution in [0.3, 0.4) is 0 Å². The van der Waals surface area contributed by atoms with Crippen LogP contribution in [-0.2, 0) is 0 Å². The third-order valence-electron chi connectivity index (χ3n) is 3.10. The number of carbonyl (C=O) groups is 1. The van der Waals surface area contributed by atoms with Gasteiger partial charge in [0, 0.05) is 10.9 Å². The third-order valence-corrected chi connectivity index (χ3v) is 4.37. The third kappa shape index (κ3) is 3.69. The largest absolute Gasteiger partial charge is 0.296 e. The van der Waals surface area contributed by atoms with Crippen LogP contribution in [0.15, 0.2) is 41.8 Å². The maximum atomic E-state index is 12.2. The normalized spacial score (nSPS) is 10.6. The van der Waals surface area contributed by atoms with E-state index in [-0.39, 0.29) is 15.9 Å². The number of anilines is 1. The van der Waals surface area contributed by atoms with Crippen LogP contribution >= 0.6 is 34.5 Å². The first kappa shape index (κ1) is 15.9. The number of aromatic nitrogens is 2. The maximum absolute atomic E-state index is 12.2. The first-order chi connectivity index (χ1) is 11.0. The quantitative estimate of drug-likeness (QED) is 0.660. The fourth-order valence-corrected chi connectivity index (χ4v) is 2.98. The highest BCUT2D eigenvalue weighted by Crippen LogP contribution is 2.26. The topological polar surface area (TPSA) is 54.9 Å². The zero-order valence-corrected chi connectivity index (χ0v) is 14.3. The van der Waals surface area contributed by atoms with E-state index in [9.17, 15) is 4.79 Å². The number of rotatable bonds is 3. The molecule has 0 bridgehead atoms. The molecule has 0 saturated heterocycles. The Morgan fingerprint density at radius 2 is 1.83 bits per heavy atom. The Balaban J connectivity index is 1.80. The fraction of sp³-hybridized carbons (Fsp3) is 0.0625. The van der Waals surface area contributed by atoms with E-state index in [1.807, 2.05) is 36.6 Å². The van der Waals surface area contributed by atoms with E-state index in [4.69, 9.17) is 23.2 Å². The zero-order chi connectivity index (χ0) is 16.4.